The second-order valence-electron chi connectivity index (χ2n) is 7.39. The number of hydrogen-bond donors (Lipinski definition) is 0. The Balaban J connectivity index is 1.51. The minimum Gasteiger partial charge on any atom is -0.293 e. The fraction of sp³-hybridized carbons (Fsp3) is 0.381. The van der Waals surface area contributed by atoms with Crippen LogP contribution < -0.4 is 0 Å². The predicted molar refractivity (Wildman–Crippen MR) is 121 cm³/mol. The molecule has 1 fully saturated rings. The lowest BCUT2D eigenvalue weighted by Gasteiger charge is -2.15. The lowest BCUT2D eigenvalue weighted by molar-refractivity contribution is 0.102. The molecule has 2 aromatic heterocycles. The van der Waals surface area contributed by atoms with Gasteiger partial charge >= 0.3 is 0 Å². The quantitative estimate of drug-likeness (QED) is 0.308. The molecule has 0 amide bonds. The summed E-state index contributed by atoms with van der Waals surface area (Å²) in [6.45, 7) is 7.10. The zero-order chi connectivity index (χ0) is 21.5. The molecule has 0 unspecified atom stereocenters. The maximum absolute atomic E-state index is 12.7. The molecule has 0 N–H and O–H groups in total. The largest absolute Gasteiger partial charge is 0.293 e. The molecule has 0 radical (unpaired) electrons. The number of nitrogens with zero attached hydrogens (tertiary/aromatic N) is 3. The van der Waals surface area contributed by atoms with E-state index in [1.807, 2.05) is 6.92 Å². The third kappa shape index (κ3) is 4.03. The van der Waals surface area contributed by atoms with Crippen LogP contribution in [0.2, 0.25) is 0 Å². The second kappa shape index (κ2) is 8.37. The van der Waals surface area contributed by atoms with E-state index >= 15 is 0 Å². The molecular weight excluding hydrogens is 438 g/mol. The number of Topliss-reactive ketones (excluding diaryl/α,β-unsaturated/α-hetero) is 1. The molecule has 0 spiro atoms. The van der Waals surface area contributed by atoms with Crippen LogP contribution in [0.5, 0.6) is 0 Å². The zero-order valence-electron chi connectivity index (χ0n) is 17.1. The van der Waals surface area contributed by atoms with Crippen LogP contribution in [0.15, 0.2) is 34.2 Å². The van der Waals surface area contributed by atoms with Crippen LogP contribution in [-0.2, 0) is 10.0 Å². The standard InChI is InChI=1S/C21H23N3O3S3/c1-13-14(2)29-21-19(13)20(22-15(3)23-21)28-12-18(25)16-6-8-17(9-7-16)30(26,27)24-10-4-5-11-24/h6-9H,4-5,10-12H2,1-3H3. The van der Waals surface area contributed by atoms with Crippen molar-refractivity contribution in [3.63, 3.8) is 0 Å². The van der Waals surface area contributed by atoms with Gasteiger partial charge in [0.1, 0.15) is 15.7 Å². The van der Waals surface area contributed by atoms with Crippen LogP contribution in [0.3, 0.4) is 0 Å². The Morgan fingerprint density at radius 3 is 2.43 bits per heavy atom. The first-order chi connectivity index (χ1) is 14.3. The van der Waals surface area contributed by atoms with Crippen molar-refractivity contribution < 1.29 is 13.2 Å². The molecule has 0 atom stereocenters. The van der Waals surface area contributed by atoms with Crippen molar-refractivity contribution in [3.05, 3.63) is 46.1 Å². The van der Waals surface area contributed by atoms with E-state index in [9.17, 15) is 13.2 Å². The molecule has 1 aliphatic heterocycles. The molecule has 1 aliphatic rings. The van der Waals surface area contributed by atoms with Crippen molar-refractivity contribution in [1.29, 1.82) is 0 Å². The number of thiophene rings is 1. The van der Waals surface area contributed by atoms with E-state index in [1.54, 1.807) is 23.5 Å². The van der Waals surface area contributed by atoms with Gasteiger partial charge in [-0.2, -0.15) is 4.31 Å². The summed E-state index contributed by atoms with van der Waals surface area (Å²) in [4.78, 5) is 24.2. The average Bonchev–Trinajstić information content (AvgIpc) is 3.35. The van der Waals surface area contributed by atoms with Crippen molar-refractivity contribution >= 4 is 49.1 Å². The highest BCUT2D eigenvalue weighted by Crippen LogP contribution is 2.35. The van der Waals surface area contributed by atoms with Gasteiger partial charge in [0.15, 0.2) is 5.78 Å². The number of fused-ring (bicyclic) bond motifs is 1. The molecular formula is C21H23N3O3S3. The van der Waals surface area contributed by atoms with Crippen LogP contribution in [0.25, 0.3) is 10.2 Å². The van der Waals surface area contributed by atoms with Gasteiger partial charge in [-0.1, -0.05) is 23.9 Å². The minimum atomic E-state index is -3.47. The molecule has 158 valence electrons. The molecule has 0 bridgehead atoms. The SMILES string of the molecule is Cc1nc(SCC(=O)c2ccc(S(=O)(=O)N3CCCC3)cc2)c2c(C)c(C)sc2n1. The third-order valence-corrected chi connectivity index (χ3v) is 9.32. The first-order valence-corrected chi connectivity index (χ1v) is 13.0. The number of rotatable bonds is 6. The monoisotopic (exact) mass is 461 g/mol. The van der Waals surface area contributed by atoms with Crippen LogP contribution >= 0.6 is 23.1 Å². The number of sulfonamides is 1. The summed E-state index contributed by atoms with van der Waals surface area (Å²) < 4.78 is 26.8. The molecule has 3 heterocycles. The van der Waals surface area contributed by atoms with Crippen molar-refractivity contribution in [2.45, 2.75) is 43.5 Å². The fourth-order valence-electron chi connectivity index (χ4n) is 3.53. The topological polar surface area (TPSA) is 80.2 Å². The number of carbonyl (C=O) groups excluding carboxylic acids is 1. The van der Waals surface area contributed by atoms with Crippen LogP contribution in [0.1, 0.15) is 39.5 Å². The maximum atomic E-state index is 12.7. The highest BCUT2D eigenvalue weighted by atomic mass is 32.2. The molecule has 4 rings (SSSR count). The number of aryl methyl sites for hydroxylation is 3. The van der Waals surface area contributed by atoms with E-state index in [0.29, 0.717) is 24.5 Å². The molecule has 9 heteroatoms. The molecule has 0 saturated carbocycles. The van der Waals surface area contributed by atoms with Gasteiger partial charge in [0.25, 0.3) is 0 Å². The van der Waals surface area contributed by atoms with Gasteiger partial charge in [-0.3, -0.25) is 4.79 Å². The molecule has 3 aromatic rings. The number of carbonyl (C=O) groups is 1. The Morgan fingerprint density at radius 1 is 1.10 bits per heavy atom. The Morgan fingerprint density at radius 2 is 1.77 bits per heavy atom. The Labute approximate surface area is 184 Å². The summed E-state index contributed by atoms with van der Waals surface area (Å²) in [6, 6.07) is 6.27. The van der Waals surface area contributed by atoms with E-state index in [2.05, 4.69) is 23.8 Å². The van der Waals surface area contributed by atoms with Gasteiger partial charge in [-0.05, 0) is 51.3 Å². The van der Waals surface area contributed by atoms with E-state index in [0.717, 1.165) is 33.6 Å². The van der Waals surface area contributed by atoms with Gasteiger partial charge in [-0.25, -0.2) is 18.4 Å². The summed E-state index contributed by atoms with van der Waals surface area (Å²) in [6.07, 6.45) is 1.79. The van der Waals surface area contributed by atoms with Crippen molar-refractivity contribution in [2.24, 2.45) is 0 Å². The number of hydrogen-bond acceptors (Lipinski definition) is 7. The van der Waals surface area contributed by atoms with Gasteiger partial charge in [0.05, 0.1) is 10.6 Å². The summed E-state index contributed by atoms with van der Waals surface area (Å²) in [5.41, 5.74) is 1.66. The predicted octanol–water partition coefficient (Wildman–Crippen LogP) is 4.38. The Kier molecular flexibility index (Phi) is 5.98. The van der Waals surface area contributed by atoms with Gasteiger partial charge < -0.3 is 0 Å². The van der Waals surface area contributed by atoms with Crippen LogP contribution in [0.4, 0.5) is 0 Å². The minimum absolute atomic E-state index is 0.0564. The Bertz CT molecular complexity index is 1210. The van der Waals surface area contributed by atoms with Crippen molar-refractivity contribution in [1.82, 2.24) is 14.3 Å². The number of aromatic nitrogens is 2. The smallest absolute Gasteiger partial charge is 0.243 e. The summed E-state index contributed by atoms with van der Waals surface area (Å²) >= 11 is 3.05. The van der Waals surface area contributed by atoms with E-state index < -0.39 is 10.0 Å². The number of benzene rings is 1. The molecule has 1 aromatic carbocycles. The maximum Gasteiger partial charge on any atom is 0.243 e. The van der Waals surface area contributed by atoms with E-state index in [1.165, 1.54) is 33.1 Å². The summed E-state index contributed by atoms with van der Waals surface area (Å²) in [5, 5.41) is 1.84. The third-order valence-electron chi connectivity index (χ3n) is 5.33. The summed E-state index contributed by atoms with van der Waals surface area (Å²) in [5.74, 6) is 0.868. The molecule has 30 heavy (non-hydrogen) atoms. The van der Waals surface area contributed by atoms with Gasteiger partial charge in [-0.15, -0.1) is 11.3 Å². The Hall–Kier alpha value is -1.81. The molecule has 1 saturated heterocycles. The highest BCUT2D eigenvalue weighted by Gasteiger charge is 2.27. The number of ketones is 1. The number of thioether (sulfide) groups is 1. The first kappa shape index (κ1) is 21.4. The van der Waals surface area contributed by atoms with Gasteiger partial charge in [0.2, 0.25) is 10.0 Å². The van der Waals surface area contributed by atoms with E-state index in [4.69, 9.17) is 0 Å². The lowest BCUT2D eigenvalue weighted by Crippen LogP contribution is -2.27. The fourth-order valence-corrected chi connectivity index (χ4v) is 7.21. The molecule has 6 nitrogen and oxygen atoms in total. The summed E-state index contributed by atoms with van der Waals surface area (Å²) in [7, 11) is -3.47. The average molecular weight is 462 g/mol. The zero-order valence-corrected chi connectivity index (χ0v) is 19.6. The van der Waals surface area contributed by atoms with Crippen molar-refractivity contribution in [3.8, 4) is 0 Å². The van der Waals surface area contributed by atoms with E-state index in [-0.39, 0.29) is 16.4 Å². The van der Waals surface area contributed by atoms with Crippen LogP contribution in [0, 0.1) is 20.8 Å². The van der Waals surface area contributed by atoms with Gasteiger partial charge in [0, 0.05) is 28.9 Å². The van der Waals surface area contributed by atoms with Crippen LogP contribution in [-0.4, -0.2) is 47.3 Å². The lowest BCUT2D eigenvalue weighted by atomic mass is 10.1. The normalized spacial score (nSPS) is 15.2. The molecule has 0 aliphatic carbocycles. The highest BCUT2D eigenvalue weighted by molar-refractivity contribution is 8.00. The van der Waals surface area contributed by atoms with Crippen molar-refractivity contribution in [2.75, 3.05) is 18.8 Å². The first-order valence-electron chi connectivity index (χ1n) is 9.78. The second-order valence-corrected chi connectivity index (χ2v) is 11.5.